The molecule has 1 N–H and O–H groups in total. The predicted molar refractivity (Wildman–Crippen MR) is 65.0 cm³/mol. The zero-order chi connectivity index (χ0) is 11.2. The van der Waals surface area contributed by atoms with Gasteiger partial charge in [-0.2, -0.15) is 4.98 Å². The minimum Gasteiger partial charge on any atom is -0.476 e. The van der Waals surface area contributed by atoms with Crippen LogP contribution in [0.4, 0.5) is 5.82 Å². The molecule has 2 heterocycles. The molecule has 1 aromatic heterocycles. The van der Waals surface area contributed by atoms with Crippen LogP contribution >= 0.6 is 0 Å². The van der Waals surface area contributed by atoms with Crippen molar-refractivity contribution in [2.24, 2.45) is 0 Å². The lowest BCUT2D eigenvalue weighted by atomic mass is 10.4. The van der Waals surface area contributed by atoms with Gasteiger partial charge >= 0.3 is 0 Å². The van der Waals surface area contributed by atoms with Crippen LogP contribution in [0.1, 0.15) is 12.8 Å². The van der Waals surface area contributed by atoms with Crippen molar-refractivity contribution in [3.05, 3.63) is 18.2 Å². The van der Waals surface area contributed by atoms with Gasteiger partial charge in [-0.05, 0) is 32.0 Å². The van der Waals surface area contributed by atoms with Gasteiger partial charge in [-0.3, -0.25) is 4.90 Å². The topological polar surface area (TPSA) is 37.4 Å². The summed E-state index contributed by atoms with van der Waals surface area (Å²) in [5, 5.41) is 3.00. The van der Waals surface area contributed by atoms with Gasteiger partial charge in [0.2, 0.25) is 5.88 Å². The second-order valence-corrected chi connectivity index (χ2v) is 4.01. The van der Waals surface area contributed by atoms with E-state index in [1.165, 1.54) is 25.9 Å². The van der Waals surface area contributed by atoms with Gasteiger partial charge in [-0.1, -0.05) is 6.07 Å². The molecule has 1 aromatic rings. The summed E-state index contributed by atoms with van der Waals surface area (Å²) >= 11 is 0. The van der Waals surface area contributed by atoms with Crippen molar-refractivity contribution in [2.45, 2.75) is 12.8 Å². The molecule has 0 bridgehead atoms. The zero-order valence-electron chi connectivity index (χ0n) is 9.78. The van der Waals surface area contributed by atoms with Crippen molar-refractivity contribution in [1.29, 1.82) is 0 Å². The highest BCUT2D eigenvalue weighted by molar-refractivity contribution is 5.35. The first-order valence-corrected chi connectivity index (χ1v) is 5.88. The molecular formula is C12H19N3O. The third-order valence-electron chi connectivity index (χ3n) is 2.84. The summed E-state index contributed by atoms with van der Waals surface area (Å²) in [4.78, 5) is 6.74. The van der Waals surface area contributed by atoms with Gasteiger partial charge in [0.25, 0.3) is 0 Å². The van der Waals surface area contributed by atoms with Gasteiger partial charge < -0.3 is 10.1 Å². The molecule has 2 rings (SSSR count). The smallest absolute Gasteiger partial charge is 0.215 e. The minimum absolute atomic E-state index is 0.700. The highest BCUT2D eigenvalue weighted by atomic mass is 16.5. The van der Waals surface area contributed by atoms with Gasteiger partial charge in [0, 0.05) is 19.7 Å². The van der Waals surface area contributed by atoms with E-state index in [2.05, 4.69) is 15.2 Å². The summed E-state index contributed by atoms with van der Waals surface area (Å²) in [6.45, 7) is 4.16. The largest absolute Gasteiger partial charge is 0.476 e. The first kappa shape index (κ1) is 11.2. The summed E-state index contributed by atoms with van der Waals surface area (Å²) in [7, 11) is 1.86. The molecule has 0 aromatic carbocycles. The Morgan fingerprint density at radius 1 is 1.38 bits per heavy atom. The monoisotopic (exact) mass is 221 g/mol. The number of hydrogen-bond donors (Lipinski definition) is 1. The van der Waals surface area contributed by atoms with E-state index < -0.39 is 0 Å². The quantitative estimate of drug-likeness (QED) is 0.819. The Morgan fingerprint density at radius 3 is 2.94 bits per heavy atom. The first-order chi connectivity index (χ1) is 7.88. The van der Waals surface area contributed by atoms with Gasteiger partial charge in [0.1, 0.15) is 12.4 Å². The van der Waals surface area contributed by atoms with E-state index in [1.54, 1.807) is 0 Å². The number of nitrogens with one attached hydrogen (secondary N) is 1. The van der Waals surface area contributed by atoms with Gasteiger partial charge in [-0.25, -0.2) is 0 Å². The van der Waals surface area contributed by atoms with Crippen LogP contribution in [-0.2, 0) is 0 Å². The number of ether oxygens (including phenoxy) is 1. The van der Waals surface area contributed by atoms with Crippen LogP contribution in [0.2, 0.25) is 0 Å². The van der Waals surface area contributed by atoms with Crippen LogP contribution in [0.25, 0.3) is 0 Å². The number of rotatable bonds is 5. The maximum atomic E-state index is 5.62. The second kappa shape index (κ2) is 5.70. The minimum atomic E-state index is 0.700. The van der Waals surface area contributed by atoms with Crippen molar-refractivity contribution < 1.29 is 4.74 Å². The molecule has 1 saturated heterocycles. The molecule has 1 aliphatic heterocycles. The van der Waals surface area contributed by atoms with Crippen LogP contribution in [0.5, 0.6) is 5.88 Å². The lowest BCUT2D eigenvalue weighted by Gasteiger charge is -2.14. The fourth-order valence-electron chi connectivity index (χ4n) is 1.92. The third kappa shape index (κ3) is 3.10. The van der Waals surface area contributed by atoms with Gasteiger partial charge in [0.05, 0.1) is 0 Å². The lowest BCUT2D eigenvalue weighted by Crippen LogP contribution is -2.25. The predicted octanol–water partition coefficient (Wildman–Crippen LogP) is 1.60. The molecule has 0 unspecified atom stereocenters. The Kier molecular flexibility index (Phi) is 3.99. The third-order valence-corrected chi connectivity index (χ3v) is 2.84. The number of pyridine rings is 1. The van der Waals surface area contributed by atoms with Crippen LogP contribution < -0.4 is 10.1 Å². The summed E-state index contributed by atoms with van der Waals surface area (Å²) in [6, 6.07) is 5.77. The van der Waals surface area contributed by atoms with Crippen molar-refractivity contribution in [1.82, 2.24) is 9.88 Å². The molecule has 1 fully saturated rings. The normalized spacial score (nSPS) is 16.3. The van der Waals surface area contributed by atoms with E-state index in [-0.39, 0.29) is 0 Å². The number of hydrogen-bond acceptors (Lipinski definition) is 4. The maximum Gasteiger partial charge on any atom is 0.215 e. The standard InChI is InChI=1S/C12H19N3O/c1-13-11-5-4-6-12(14-11)16-10-9-15-7-2-3-8-15/h4-6H,2-3,7-10H2,1H3,(H,13,14). The van der Waals surface area contributed by atoms with Crippen LogP contribution in [0, 0.1) is 0 Å². The molecule has 0 amide bonds. The molecule has 88 valence electrons. The summed E-state index contributed by atoms with van der Waals surface area (Å²) in [5.74, 6) is 1.55. The zero-order valence-corrected chi connectivity index (χ0v) is 9.78. The van der Waals surface area contributed by atoms with E-state index in [1.807, 2.05) is 25.2 Å². The van der Waals surface area contributed by atoms with E-state index in [0.29, 0.717) is 5.88 Å². The number of likely N-dealkylation sites (tertiary alicyclic amines) is 1. The van der Waals surface area contributed by atoms with E-state index in [4.69, 9.17) is 4.74 Å². The van der Waals surface area contributed by atoms with Crippen molar-refractivity contribution >= 4 is 5.82 Å². The average Bonchev–Trinajstić information content (AvgIpc) is 2.82. The Morgan fingerprint density at radius 2 is 2.19 bits per heavy atom. The molecule has 0 atom stereocenters. The highest BCUT2D eigenvalue weighted by Crippen LogP contribution is 2.11. The van der Waals surface area contributed by atoms with Crippen LogP contribution in [0.15, 0.2) is 18.2 Å². The number of anilines is 1. The molecule has 16 heavy (non-hydrogen) atoms. The van der Waals surface area contributed by atoms with Gasteiger partial charge in [-0.15, -0.1) is 0 Å². The van der Waals surface area contributed by atoms with E-state index >= 15 is 0 Å². The maximum absolute atomic E-state index is 5.62. The molecule has 0 spiro atoms. The Balaban J connectivity index is 1.75. The Labute approximate surface area is 96.6 Å². The van der Waals surface area contributed by atoms with Crippen LogP contribution in [-0.4, -0.2) is 43.2 Å². The number of aromatic nitrogens is 1. The fraction of sp³-hybridized carbons (Fsp3) is 0.583. The molecule has 1 aliphatic rings. The summed E-state index contributed by atoms with van der Waals surface area (Å²) < 4.78 is 5.62. The SMILES string of the molecule is CNc1cccc(OCCN2CCCC2)n1. The molecule has 0 radical (unpaired) electrons. The molecule has 0 aliphatic carbocycles. The fourth-order valence-corrected chi connectivity index (χ4v) is 1.92. The van der Waals surface area contributed by atoms with Crippen molar-refractivity contribution in [3.8, 4) is 5.88 Å². The number of nitrogens with zero attached hydrogens (tertiary/aromatic N) is 2. The van der Waals surface area contributed by atoms with E-state index in [0.717, 1.165) is 19.0 Å². The van der Waals surface area contributed by atoms with Gasteiger partial charge in [0.15, 0.2) is 0 Å². The highest BCUT2D eigenvalue weighted by Gasteiger charge is 2.10. The Bertz CT molecular complexity index is 324. The summed E-state index contributed by atoms with van der Waals surface area (Å²) in [6.07, 6.45) is 2.65. The summed E-state index contributed by atoms with van der Waals surface area (Å²) in [5.41, 5.74) is 0. The Hall–Kier alpha value is -1.29. The molecule has 0 saturated carbocycles. The molecule has 4 heteroatoms. The van der Waals surface area contributed by atoms with E-state index in [9.17, 15) is 0 Å². The second-order valence-electron chi connectivity index (χ2n) is 4.01. The van der Waals surface area contributed by atoms with Crippen molar-refractivity contribution in [2.75, 3.05) is 38.6 Å². The first-order valence-electron chi connectivity index (χ1n) is 5.88. The average molecular weight is 221 g/mol. The molecular weight excluding hydrogens is 202 g/mol. The lowest BCUT2D eigenvalue weighted by molar-refractivity contribution is 0.232. The van der Waals surface area contributed by atoms with Crippen LogP contribution in [0.3, 0.4) is 0 Å². The molecule has 4 nitrogen and oxygen atoms in total. The van der Waals surface area contributed by atoms with Crippen molar-refractivity contribution in [3.63, 3.8) is 0 Å².